The minimum atomic E-state index is 0.263. The van der Waals surface area contributed by atoms with Crippen molar-refractivity contribution >= 4 is 0 Å². The Hall–Kier alpha value is -2.20. The number of hydrogen-bond acceptors (Lipinski definition) is 4. The second kappa shape index (κ2) is 7.38. The summed E-state index contributed by atoms with van der Waals surface area (Å²) in [5, 5.41) is 3.54. The topological polar surface area (TPSA) is 39.7 Å². The first-order valence-corrected chi connectivity index (χ1v) is 8.11. The Morgan fingerprint density at radius 1 is 1.04 bits per heavy atom. The highest BCUT2D eigenvalue weighted by Gasteiger charge is 2.12. The molecule has 0 spiro atoms. The second-order valence-electron chi connectivity index (χ2n) is 5.58. The molecule has 1 unspecified atom stereocenters. The SMILES string of the molecule is CCOc1ccc(C(C)NCc2ccc3c(c2)OCCO3)cc1. The Morgan fingerprint density at radius 3 is 2.52 bits per heavy atom. The molecule has 0 radical (unpaired) electrons. The number of fused-ring (bicyclic) bond motifs is 1. The Bertz CT molecular complexity index is 640. The van der Waals surface area contributed by atoms with Crippen LogP contribution in [0.3, 0.4) is 0 Å². The summed E-state index contributed by atoms with van der Waals surface area (Å²) < 4.78 is 16.6. The highest BCUT2D eigenvalue weighted by molar-refractivity contribution is 5.43. The quantitative estimate of drug-likeness (QED) is 0.882. The van der Waals surface area contributed by atoms with Crippen molar-refractivity contribution in [1.29, 1.82) is 0 Å². The van der Waals surface area contributed by atoms with Gasteiger partial charge in [0.2, 0.25) is 0 Å². The van der Waals surface area contributed by atoms with Gasteiger partial charge in [-0.15, -0.1) is 0 Å². The summed E-state index contributed by atoms with van der Waals surface area (Å²) in [5.74, 6) is 2.58. The largest absolute Gasteiger partial charge is 0.494 e. The Balaban J connectivity index is 1.59. The molecule has 0 saturated heterocycles. The van der Waals surface area contributed by atoms with E-state index in [0.29, 0.717) is 19.8 Å². The van der Waals surface area contributed by atoms with Crippen LogP contribution in [-0.2, 0) is 6.54 Å². The van der Waals surface area contributed by atoms with E-state index in [4.69, 9.17) is 14.2 Å². The first-order valence-electron chi connectivity index (χ1n) is 8.11. The van der Waals surface area contributed by atoms with Crippen LogP contribution in [-0.4, -0.2) is 19.8 Å². The molecule has 3 rings (SSSR count). The van der Waals surface area contributed by atoms with Crippen molar-refractivity contribution in [2.45, 2.75) is 26.4 Å². The van der Waals surface area contributed by atoms with E-state index in [1.807, 2.05) is 31.2 Å². The van der Waals surface area contributed by atoms with Crippen LogP contribution in [0.5, 0.6) is 17.2 Å². The smallest absolute Gasteiger partial charge is 0.161 e. The summed E-state index contributed by atoms with van der Waals surface area (Å²) in [5.41, 5.74) is 2.43. The summed E-state index contributed by atoms with van der Waals surface area (Å²) >= 11 is 0. The van der Waals surface area contributed by atoms with Crippen LogP contribution >= 0.6 is 0 Å². The van der Waals surface area contributed by atoms with Gasteiger partial charge in [-0.25, -0.2) is 0 Å². The number of rotatable bonds is 6. The van der Waals surface area contributed by atoms with Gasteiger partial charge >= 0.3 is 0 Å². The molecule has 4 heteroatoms. The Kier molecular flexibility index (Phi) is 5.03. The number of ether oxygens (including phenoxy) is 3. The molecule has 2 aromatic carbocycles. The standard InChI is InChI=1S/C19H23NO3/c1-3-21-17-7-5-16(6-8-17)14(2)20-13-15-4-9-18-19(12-15)23-11-10-22-18/h4-9,12,14,20H,3,10-11,13H2,1-2H3. The lowest BCUT2D eigenvalue weighted by Gasteiger charge is -2.20. The van der Waals surface area contributed by atoms with Gasteiger partial charge in [-0.3, -0.25) is 0 Å². The Labute approximate surface area is 137 Å². The number of nitrogens with one attached hydrogen (secondary N) is 1. The van der Waals surface area contributed by atoms with Crippen LogP contribution in [0.4, 0.5) is 0 Å². The zero-order valence-corrected chi connectivity index (χ0v) is 13.7. The van der Waals surface area contributed by atoms with E-state index in [2.05, 4.69) is 30.4 Å². The molecule has 0 aliphatic carbocycles. The van der Waals surface area contributed by atoms with Gasteiger partial charge < -0.3 is 19.5 Å². The van der Waals surface area contributed by atoms with E-state index in [9.17, 15) is 0 Å². The average molecular weight is 313 g/mol. The van der Waals surface area contributed by atoms with Crippen LogP contribution in [0.25, 0.3) is 0 Å². The molecular formula is C19H23NO3. The molecule has 0 amide bonds. The summed E-state index contributed by atoms with van der Waals surface area (Å²) in [6.45, 7) is 6.87. The number of hydrogen-bond donors (Lipinski definition) is 1. The van der Waals surface area contributed by atoms with Crippen molar-refractivity contribution in [2.24, 2.45) is 0 Å². The van der Waals surface area contributed by atoms with Crippen LogP contribution in [0, 0.1) is 0 Å². The highest BCUT2D eigenvalue weighted by atomic mass is 16.6. The van der Waals surface area contributed by atoms with E-state index >= 15 is 0 Å². The van der Waals surface area contributed by atoms with Crippen LogP contribution in [0.1, 0.15) is 31.0 Å². The van der Waals surface area contributed by atoms with Gasteiger partial charge in [-0.2, -0.15) is 0 Å². The summed E-state index contributed by atoms with van der Waals surface area (Å²) in [4.78, 5) is 0. The lowest BCUT2D eigenvalue weighted by Crippen LogP contribution is -2.19. The van der Waals surface area contributed by atoms with Crippen molar-refractivity contribution < 1.29 is 14.2 Å². The predicted octanol–water partition coefficient (Wildman–Crippen LogP) is 3.71. The van der Waals surface area contributed by atoms with E-state index in [1.165, 1.54) is 11.1 Å². The molecule has 23 heavy (non-hydrogen) atoms. The molecule has 1 aliphatic heterocycles. The summed E-state index contributed by atoms with van der Waals surface area (Å²) in [7, 11) is 0. The second-order valence-corrected chi connectivity index (χ2v) is 5.58. The van der Waals surface area contributed by atoms with Crippen LogP contribution in [0.2, 0.25) is 0 Å². The van der Waals surface area contributed by atoms with Crippen molar-refractivity contribution in [3.8, 4) is 17.2 Å². The van der Waals surface area contributed by atoms with Gasteiger partial charge in [0.25, 0.3) is 0 Å². The van der Waals surface area contributed by atoms with Gasteiger partial charge in [0, 0.05) is 12.6 Å². The maximum absolute atomic E-state index is 5.63. The summed E-state index contributed by atoms with van der Waals surface area (Å²) in [6.07, 6.45) is 0. The van der Waals surface area contributed by atoms with Gasteiger partial charge in [-0.05, 0) is 49.2 Å². The molecule has 2 aromatic rings. The number of benzene rings is 2. The first-order chi connectivity index (χ1) is 11.3. The molecule has 1 N–H and O–H groups in total. The molecule has 0 saturated carbocycles. The monoisotopic (exact) mass is 313 g/mol. The predicted molar refractivity (Wildman–Crippen MR) is 90.3 cm³/mol. The van der Waals surface area contributed by atoms with Gasteiger partial charge in [0.1, 0.15) is 19.0 Å². The third-order valence-corrected chi connectivity index (χ3v) is 3.91. The normalized spacial score (nSPS) is 14.3. The molecule has 0 bridgehead atoms. The lowest BCUT2D eigenvalue weighted by atomic mass is 10.1. The van der Waals surface area contributed by atoms with Gasteiger partial charge in [0.15, 0.2) is 11.5 Å². The fraction of sp³-hybridized carbons (Fsp3) is 0.368. The van der Waals surface area contributed by atoms with E-state index in [1.54, 1.807) is 0 Å². The lowest BCUT2D eigenvalue weighted by molar-refractivity contribution is 0.171. The van der Waals surface area contributed by atoms with Crippen molar-refractivity contribution in [1.82, 2.24) is 5.32 Å². The van der Waals surface area contributed by atoms with Crippen molar-refractivity contribution in [3.63, 3.8) is 0 Å². The average Bonchev–Trinajstić information content (AvgIpc) is 2.60. The van der Waals surface area contributed by atoms with E-state index in [0.717, 1.165) is 23.8 Å². The third-order valence-electron chi connectivity index (χ3n) is 3.91. The maximum Gasteiger partial charge on any atom is 0.161 e. The molecular weight excluding hydrogens is 290 g/mol. The minimum Gasteiger partial charge on any atom is -0.494 e. The minimum absolute atomic E-state index is 0.263. The molecule has 4 nitrogen and oxygen atoms in total. The molecule has 0 aromatic heterocycles. The van der Waals surface area contributed by atoms with Crippen LogP contribution in [0.15, 0.2) is 42.5 Å². The molecule has 1 atom stereocenters. The summed E-state index contributed by atoms with van der Waals surface area (Å²) in [6, 6.07) is 14.6. The van der Waals surface area contributed by atoms with Gasteiger partial charge in [-0.1, -0.05) is 18.2 Å². The zero-order chi connectivity index (χ0) is 16.1. The van der Waals surface area contributed by atoms with Crippen molar-refractivity contribution in [3.05, 3.63) is 53.6 Å². The molecule has 0 fully saturated rings. The van der Waals surface area contributed by atoms with Crippen LogP contribution < -0.4 is 19.5 Å². The zero-order valence-electron chi connectivity index (χ0n) is 13.7. The fourth-order valence-electron chi connectivity index (χ4n) is 2.61. The first kappa shape index (κ1) is 15.7. The molecule has 1 heterocycles. The van der Waals surface area contributed by atoms with E-state index < -0.39 is 0 Å². The molecule has 1 aliphatic rings. The van der Waals surface area contributed by atoms with Gasteiger partial charge in [0.05, 0.1) is 6.61 Å². The fourth-order valence-corrected chi connectivity index (χ4v) is 2.61. The third kappa shape index (κ3) is 3.96. The Morgan fingerprint density at radius 2 is 1.78 bits per heavy atom. The van der Waals surface area contributed by atoms with Crippen molar-refractivity contribution in [2.75, 3.05) is 19.8 Å². The van der Waals surface area contributed by atoms with E-state index in [-0.39, 0.29) is 6.04 Å². The molecule has 122 valence electrons. The highest BCUT2D eigenvalue weighted by Crippen LogP contribution is 2.30. The maximum atomic E-state index is 5.63.